The van der Waals surface area contributed by atoms with Gasteiger partial charge in [0.25, 0.3) is 0 Å². The molecule has 2 fully saturated rings. The third-order valence-electron chi connectivity index (χ3n) is 5.62. The molecule has 4 rings (SSSR count). The van der Waals surface area contributed by atoms with E-state index in [4.69, 9.17) is 9.47 Å². The topological polar surface area (TPSA) is 41.9 Å². The zero-order valence-corrected chi connectivity index (χ0v) is 15.9. The Balaban J connectivity index is 1.54. The maximum absolute atomic E-state index is 13.0. The van der Waals surface area contributed by atoms with Gasteiger partial charge in [0, 0.05) is 24.2 Å². The highest BCUT2D eigenvalue weighted by atomic mass is 19.4. The van der Waals surface area contributed by atoms with Gasteiger partial charge in [0.15, 0.2) is 6.10 Å². The van der Waals surface area contributed by atoms with Gasteiger partial charge in [-0.2, -0.15) is 13.2 Å². The molecule has 2 aromatic carbocycles. The fraction of sp³-hybridized carbons (Fsp3) is 0.455. The summed E-state index contributed by atoms with van der Waals surface area (Å²) in [4.78, 5) is 1.60. The van der Waals surface area contributed by atoms with E-state index in [2.05, 4.69) is 0 Å². The summed E-state index contributed by atoms with van der Waals surface area (Å²) in [5, 5.41) is 9.70. The second kappa shape index (κ2) is 8.24. The van der Waals surface area contributed by atoms with Crippen molar-refractivity contribution in [1.29, 1.82) is 0 Å². The molecule has 2 aromatic rings. The molecule has 0 amide bonds. The zero-order chi connectivity index (χ0) is 20.4. The average Bonchev–Trinajstić information content (AvgIpc) is 3.31. The van der Waals surface area contributed by atoms with E-state index >= 15 is 0 Å². The van der Waals surface area contributed by atoms with Gasteiger partial charge in [-0.15, -0.1) is 0 Å². The number of fused-ring (bicyclic) bond motifs is 2. The van der Waals surface area contributed by atoms with Crippen molar-refractivity contribution in [3.05, 3.63) is 54.6 Å². The molecule has 2 saturated heterocycles. The predicted molar refractivity (Wildman–Crippen MR) is 103 cm³/mol. The number of anilines is 1. The lowest BCUT2D eigenvalue weighted by molar-refractivity contribution is -0.200. The fourth-order valence-corrected chi connectivity index (χ4v) is 4.18. The summed E-state index contributed by atoms with van der Waals surface area (Å²) in [6.07, 6.45) is -3.96. The van der Waals surface area contributed by atoms with Crippen LogP contribution in [0.3, 0.4) is 0 Å². The number of alkyl halides is 3. The first-order chi connectivity index (χ1) is 13.9. The predicted octanol–water partition coefficient (Wildman–Crippen LogP) is 4.78. The van der Waals surface area contributed by atoms with E-state index in [0.29, 0.717) is 23.7 Å². The van der Waals surface area contributed by atoms with Crippen LogP contribution in [-0.4, -0.2) is 42.7 Å². The minimum absolute atomic E-state index is 0.0919. The first-order valence-corrected chi connectivity index (χ1v) is 9.86. The molecule has 4 unspecified atom stereocenters. The van der Waals surface area contributed by atoms with Gasteiger partial charge in [0.1, 0.15) is 11.5 Å². The molecule has 29 heavy (non-hydrogen) atoms. The van der Waals surface area contributed by atoms with E-state index in [1.165, 1.54) is 0 Å². The van der Waals surface area contributed by atoms with Gasteiger partial charge in [-0.05, 0) is 43.5 Å². The standard InChI is InChI=1S/C22H24F3NO3/c23-22(24,25)21(27)14-26(13-15-11-19-9-10-20(15)29-19)16-5-4-8-18(12-16)28-17-6-2-1-3-7-17/h1-8,12,15,19-21,27H,9-11,13-14H2. The molecule has 2 aliphatic rings. The minimum atomic E-state index is -4.67. The van der Waals surface area contributed by atoms with Crippen LogP contribution in [0.1, 0.15) is 19.3 Å². The number of nitrogens with zero attached hydrogens (tertiary/aromatic N) is 1. The van der Waals surface area contributed by atoms with Crippen molar-refractivity contribution in [3.63, 3.8) is 0 Å². The SMILES string of the molecule is OC(CN(CC1CC2CCC1O2)c1cccc(Oc2ccccc2)c1)C(F)(F)F. The summed E-state index contributed by atoms with van der Waals surface area (Å²) in [6, 6.07) is 16.2. The van der Waals surface area contributed by atoms with Gasteiger partial charge < -0.3 is 19.5 Å². The highest BCUT2D eigenvalue weighted by Crippen LogP contribution is 2.40. The summed E-state index contributed by atoms with van der Waals surface area (Å²) in [6.45, 7) is -0.116. The Morgan fingerprint density at radius 3 is 2.48 bits per heavy atom. The Labute approximate surface area is 167 Å². The molecule has 4 atom stereocenters. The second-order valence-corrected chi connectivity index (χ2v) is 7.74. The monoisotopic (exact) mass is 407 g/mol. The lowest BCUT2D eigenvalue weighted by Crippen LogP contribution is -2.44. The molecule has 1 N–H and O–H groups in total. The highest BCUT2D eigenvalue weighted by molar-refractivity contribution is 5.52. The number of hydrogen-bond donors (Lipinski definition) is 1. The van der Waals surface area contributed by atoms with Gasteiger partial charge in [-0.25, -0.2) is 0 Å². The number of para-hydroxylation sites is 1. The molecule has 0 aromatic heterocycles. The van der Waals surface area contributed by atoms with Crippen LogP contribution in [0.15, 0.2) is 54.6 Å². The van der Waals surface area contributed by atoms with Crippen molar-refractivity contribution < 1.29 is 27.8 Å². The van der Waals surface area contributed by atoms with Crippen LogP contribution in [0.5, 0.6) is 11.5 Å². The Bertz CT molecular complexity index is 814. The molecule has 0 aliphatic carbocycles. The number of aliphatic hydroxyl groups is 1. The largest absolute Gasteiger partial charge is 0.457 e. The maximum Gasteiger partial charge on any atom is 0.416 e. The molecule has 0 spiro atoms. The van der Waals surface area contributed by atoms with E-state index in [9.17, 15) is 18.3 Å². The quantitative estimate of drug-likeness (QED) is 0.718. The van der Waals surface area contributed by atoms with E-state index < -0.39 is 18.8 Å². The first kappa shape index (κ1) is 20.0. The number of ether oxygens (including phenoxy) is 2. The Hall–Kier alpha value is -2.25. The van der Waals surface area contributed by atoms with Crippen LogP contribution >= 0.6 is 0 Å². The van der Waals surface area contributed by atoms with Crippen molar-refractivity contribution in [1.82, 2.24) is 0 Å². The molecule has 0 saturated carbocycles. The molecule has 2 heterocycles. The molecule has 7 heteroatoms. The zero-order valence-electron chi connectivity index (χ0n) is 15.9. The lowest BCUT2D eigenvalue weighted by atomic mass is 9.88. The Morgan fingerprint density at radius 2 is 1.83 bits per heavy atom. The van der Waals surface area contributed by atoms with E-state index in [1.54, 1.807) is 29.2 Å². The summed E-state index contributed by atoms with van der Waals surface area (Å²) >= 11 is 0. The van der Waals surface area contributed by atoms with Crippen molar-refractivity contribution in [2.24, 2.45) is 5.92 Å². The van der Waals surface area contributed by atoms with E-state index in [0.717, 1.165) is 19.3 Å². The second-order valence-electron chi connectivity index (χ2n) is 7.74. The van der Waals surface area contributed by atoms with Gasteiger partial charge in [0.2, 0.25) is 0 Å². The highest BCUT2D eigenvalue weighted by Gasteiger charge is 2.43. The normalized spacial score (nSPS) is 24.5. The summed E-state index contributed by atoms with van der Waals surface area (Å²) in [5.41, 5.74) is 0.588. The van der Waals surface area contributed by atoms with Crippen LogP contribution in [-0.2, 0) is 4.74 Å². The third kappa shape index (κ3) is 4.85. The van der Waals surface area contributed by atoms with Gasteiger partial charge in [-0.3, -0.25) is 0 Å². The van der Waals surface area contributed by atoms with Crippen LogP contribution in [0.4, 0.5) is 18.9 Å². The molecule has 4 nitrogen and oxygen atoms in total. The molecule has 0 radical (unpaired) electrons. The van der Waals surface area contributed by atoms with E-state index in [-0.39, 0.29) is 18.1 Å². The van der Waals surface area contributed by atoms with Gasteiger partial charge in [0.05, 0.1) is 18.8 Å². The average molecular weight is 407 g/mol. The van der Waals surface area contributed by atoms with Crippen LogP contribution in [0.2, 0.25) is 0 Å². The number of rotatable bonds is 7. The fourth-order valence-electron chi connectivity index (χ4n) is 4.18. The third-order valence-corrected chi connectivity index (χ3v) is 5.62. The summed E-state index contributed by atoms with van der Waals surface area (Å²) in [7, 11) is 0. The van der Waals surface area contributed by atoms with Crippen LogP contribution in [0, 0.1) is 5.92 Å². The van der Waals surface area contributed by atoms with Crippen LogP contribution < -0.4 is 9.64 Å². The molecular formula is C22H24F3NO3. The number of benzene rings is 2. The van der Waals surface area contributed by atoms with E-state index in [1.807, 2.05) is 30.3 Å². The van der Waals surface area contributed by atoms with Crippen LogP contribution in [0.25, 0.3) is 0 Å². The van der Waals surface area contributed by atoms with Crippen molar-refractivity contribution >= 4 is 5.69 Å². The maximum atomic E-state index is 13.0. The van der Waals surface area contributed by atoms with Gasteiger partial charge >= 0.3 is 6.18 Å². The van der Waals surface area contributed by atoms with Crippen molar-refractivity contribution in [2.75, 3.05) is 18.0 Å². The van der Waals surface area contributed by atoms with Crippen molar-refractivity contribution in [3.8, 4) is 11.5 Å². The van der Waals surface area contributed by atoms with Gasteiger partial charge in [-0.1, -0.05) is 24.3 Å². The number of halogens is 3. The number of hydrogen-bond acceptors (Lipinski definition) is 4. The van der Waals surface area contributed by atoms with Crippen molar-refractivity contribution in [2.45, 2.75) is 43.8 Å². The summed E-state index contributed by atoms with van der Waals surface area (Å²) < 4.78 is 50.8. The summed E-state index contributed by atoms with van der Waals surface area (Å²) in [5.74, 6) is 1.34. The molecular weight excluding hydrogens is 383 g/mol. The molecule has 2 bridgehead atoms. The minimum Gasteiger partial charge on any atom is -0.457 e. The lowest BCUT2D eigenvalue weighted by Gasteiger charge is -2.32. The Kier molecular flexibility index (Phi) is 5.69. The molecule has 156 valence electrons. The molecule has 2 aliphatic heterocycles. The Morgan fingerprint density at radius 1 is 1.07 bits per heavy atom. The number of aliphatic hydroxyl groups excluding tert-OH is 1. The first-order valence-electron chi connectivity index (χ1n) is 9.86. The smallest absolute Gasteiger partial charge is 0.416 e.